The van der Waals surface area contributed by atoms with Gasteiger partial charge in [-0.15, -0.1) is 0 Å². The highest BCUT2D eigenvalue weighted by Gasteiger charge is 2.33. The lowest BCUT2D eigenvalue weighted by molar-refractivity contribution is 0.103. The summed E-state index contributed by atoms with van der Waals surface area (Å²) in [6.45, 7) is 4.13. The minimum Gasteiger partial charge on any atom is -0.392 e. The van der Waals surface area contributed by atoms with Crippen LogP contribution in [-0.4, -0.2) is 21.0 Å². The zero-order chi connectivity index (χ0) is 11.9. The van der Waals surface area contributed by atoms with Gasteiger partial charge in [0.1, 0.15) is 0 Å². The second-order valence-electron chi connectivity index (χ2n) is 4.94. The first-order valence-corrected chi connectivity index (χ1v) is 6.66. The van der Waals surface area contributed by atoms with Gasteiger partial charge in [-0.05, 0) is 47.5 Å². The molecular weight excluding hydrogens is 268 g/mol. The monoisotopic (exact) mass is 286 g/mol. The van der Waals surface area contributed by atoms with E-state index in [1.165, 1.54) is 12.8 Å². The predicted octanol–water partition coefficient (Wildman–Crippen LogP) is 2.44. The Kier molecular flexibility index (Phi) is 3.40. The molecule has 0 radical (unpaired) electrons. The van der Waals surface area contributed by atoms with Crippen molar-refractivity contribution in [1.29, 1.82) is 0 Å². The van der Waals surface area contributed by atoms with Crippen molar-refractivity contribution in [2.45, 2.75) is 39.2 Å². The van der Waals surface area contributed by atoms with Crippen LogP contribution in [0.1, 0.15) is 31.2 Å². The highest BCUT2D eigenvalue weighted by Crippen LogP contribution is 2.39. The molecule has 1 aromatic heterocycles. The molecule has 1 aliphatic rings. The third kappa shape index (κ3) is 2.33. The summed E-state index contributed by atoms with van der Waals surface area (Å²) in [5.74, 6) is 1.14. The second-order valence-corrected chi connectivity index (χ2v) is 5.73. The maximum atomic E-state index is 10.2. The van der Waals surface area contributed by atoms with Crippen molar-refractivity contribution in [3.05, 3.63) is 15.9 Å². The molecule has 0 saturated heterocycles. The van der Waals surface area contributed by atoms with Crippen LogP contribution in [0.2, 0.25) is 0 Å². The van der Waals surface area contributed by atoms with Gasteiger partial charge in [0.05, 0.1) is 22.0 Å². The second kappa shape index (κ2) is 4.49. The maximum absolute atomic E-state index is 10.2. The van der Waals surface area contributed by atoms with E-state index in [1.807, 2.05) is 18.7 Å². The first kappa shape index (κ1) is 12.1. The van der Waals surface area contributed by atoms with E-state index in [0.29, 0.717) is 12.3 Å². The Morgan fingerprint density at radius 2 is 2.19 bits per heavy atom. The van der Waals surface area contributed by atoms with E-state index in [4.69, 9.17) is 0 Å². The van der Waals surface area contributed by atoms with Gasteiger partial charge in [0.2, 0.25) is 0 Å². The highest BCUT2D eigenvalue weighted by atomic mass is 79.9. The number of nitrogens with zero attached hydrogens (tertiary/aromatic N) is 2. The van der Waals surface area contributed by atoms with Crippen LogP contribution < -0.4 is 0 Å². The van der Waals surface area contributed by atoms with Crippen molar-refractivity contribution < 1.29 is 5.11 Å². The average molecular weight is 287 g/mol. The molecule has 2 unspecified atom stereocenters. The van der Waals surface area contributed by atoms with E-state index >= 15 is 0 Å². The standard InChI is InChI=1S/C12H19BrN2O/c1-7(9-4-5-9)11(16)6-10-12(13)8(2)14-15(10)3/h7,9,11,16H,4-6H2,1-3H3. The van der Waals surface area contributed by atoms with Gasteiger partial charge in [-0.1, -0.05) is 6.92 Å². The van der Waals surface area contributed by atoms with Crippen molar-refractivity contribution in [3.8, 4) is 0 Å². The first-order chi connectivity index (χ1) is 7.50. The van der Waals surface area contributed by atoms with Crippen LogP contribution in [0.5, 0.6) is 0 Å². The zero-order valence-electron chi connectivity index (χ0n) is 10.1. The Balaban J connectivity index is 2.07. The molecule has 16 heavy (non-hydrogen) atoms. The van der Waals surface area contributed by atoms with Gasteiger partial charge < -0.3 is 5.11 Å². The van der Waals surface area contributed by atoms with Gasteiger partial charge >= 0.3 is 0 Å². The normalized spacial score (nSPS) is 19.8. The van der Waals surface area contributed by atoms with Crippen LogP contribution in [-0.2, 0) is 13.5 Å². The lowest BCUT2D eigenvalue weighted by atomic mass is 9.95. The van der Waals surface area contributed by atoms with E-state index in [2.05, 4.69) is 28.0 Å². The van der Waals surface area contributed by atoms with Crippen molar-refractivity contribution >= 4 is 15.9 Å². The minimum atomic E-state index is -0.251. The lowest BCUT2D eigenvalue weighted by Crippen LogP contribution is -2.23. The lowest BCUT2D eigenvalue weighted by Gasteiger charge is -2.18. The fourth-order valence-electron chi connectivity index (χ4n) is 2.22. The number of hydrogen-bond acceptors (Lipinski definition) is 2. The third-order valence-corrected chi connectivity index (χ3v) is 4.67. The maximum Gasteiger partial charge on any atom is 0.0738 e. The van der Waals surface area contributed by atoms with Gasteiger partial charge in [-0.25, -0.2) is 0 Å². The van der Waals surface area contributed by atoms with E-state index in [1.54, 1.807) is 0 Å². The molecule has 2 rings (SSSR count). The van der Waals surface area contributed by atoms with Crippen LogP contribution in [0, 0.1) is 18.8 Å². The highest BCUT2D eigenvalue weighted by molar-refractivity contribution is 9.10. The molecule has 0 aromatic carbocycles. The smallest absolute Gasteiger partial charge is 0.0738 e. The third-order valence-electron chi connectivity index (χ3n) is 3.64. The molecule has 1 saturated carbocycles. The van der Waals surface area contributed by atoms with E-state index in [0.717, 1.165) is 21.8 Å². The van der Waals surface area contributed by atoms with Gasteiger partial charge in [0.25, 0.3) is 0 Å². The SMILES string of the molecule is Cc1nn(C)c(CC(O)C(C)C2CC2)c1Br. The Hall–Kier alpha value is -0.350. The number of aromatic nitrogens is 2. The molecule has 0 bridgehead atoms. The Morgan fingerprint density at radius 1 is 1.56 bits per heavy atom. The summed E-state index contributed by atoms with van der Waals surface area (Å²) in [4.78, 5) is 0. The Labute approximate surface area is 105 Å². The van der Waals surface area contributed by atoms with Crippen molar-refractivity contribution in [3.63, 3.8) is 0 Å². The van der Waals surface area contributed by atoms with Gasteiger partial charge in [-0.2, -0.15) is 5.10 Å². The molecule has 1 N–H and O–H groups in total. The van der Waals surface area contributed by atoms with E-state index in [9.17, 15) is 5.11 Å². The average Bonchev–Trinajstić information content (AvgIpc) is 3.03. The summed E-state index contributed by atoms with van der Waals surface area (Å²) in [5.41, 5.74) is 2.08. The number of aryl methyl sites for hydroxylation is 2. The van der Waals surface area contributed by atoms with E-state index in [-0.39, 0.29) is 6.10 Å². The number of rotatable bonds is 4. The molecule has 1 heterocycles. The summed E-state index contributed by atoms with van der Waals surface area (Å²) in [6.07, 6.45) is 3.00. The van der Waals surface area contributed by atoms with Gasteiger partial charge in [0, 0.05) is 13.5 Å². The molecule has 1 aliphatic carbocycles. The number of halogens is 1. The van der Waals surface area contributed by atoms with E-state index < -0.39 is 0 Å². The molecule has 1 aromatic rings. The summed E-state index contributed by atoms with van der Waals surface area (Å²) in [5, 5.41) is 14.5. The molecule has 3 nitrogen and oxygen atoms in total. The quantitative estimate of drug-likeness (QED) is 0.923. The summed E-state index contributed by atoms with van der Waals surface area (Å²) < 4.78 is 2.90. The zero-order valence-corrected chi connectivity index (χ0v) is 11.7. The Bertz CT molecular complexity index is 385. The van der Waals surface area contributed by atoms with Crippen LogP contribution in [0.25, 0.3) is 0 Å². The van der Waals surface area contributed by atoms with Crippen molar-refractivity contribution in [2.75, 3.05) is 0 Å². The predicted molar refractivity (Wildman–Crippen MR) is 67.2 cm³/mol. The topological polar surface area (TPSA) is 38.0 Å². The fourth-order valence-corrected chi connectivity index (χ4v) is 2.72. The van der Waals surface area contributed by atoms with Crippen LogP contribution >= 0.6 is 15.9 Å². The number of aliphatic hydroxyl groups excluding tert-OH is 1. The Morgan fingerprint density at radius 3 is 2.62 bits per heavy atom. The van der Waals surface area contributed by atoms with Crippen LogP contribution in [0.4, 0.5) is 0 Å². The molecule has 2 atom stereocenters. The number of aliphatic hydroxyl groups is 1. The minimum absolute atomic E-state index is 0.251. The van der Waals surface area contributed by atoms with Crippen LogP contribution in [0.3, 0.4) is 0 Å². The molecule has 1 fully saturated rings. The van der Waals surface area contributed by atoms with Crippen molar-refractivity contribution in [1.82, 2.24) is 9.78 Å². The molecule has 0 spiro atoms. The largest absolute Gasteiger partial charge is 0.392 e. The molecular formula is C12H19BrN2O. The summed E-state index contributed by atoms with van der Waals surface area (Å²) >= 11 is 3.54. The fraction of sp³-hybridized carbons (Fsp3) is 0.750. The molecule has 0 aliphatic heterocycles. The molecule has 0 amide bonds. The van der Waals surface area contributed by atoms with Crippen molar-refractivity contribution in [2.24, 2.45) is 18.9 Å². The first-order valence-electron chi connectivity index (χ1n) is 5.86. The summed E-state index contributed by atoms with van der Waals surface area (Å²) in [6, 6.07) is 0. The molecule has 90 valence electrons. The van der Waals surface area contributed by atoms with Crippen LogP contribution in [0.15, 0.2) is 4.47 Å². The molecule has 4 heteroatoms. The number of hydrogen-bond donors (Lipinski definition) is 1. The summed E-state index contributed by atoms with van der Waals surface area (Å²) in [7, 11) is 1.93. The van der Waals surface area contributed by atoms with Gasteiger partial charge in [-0.3, -0.25) is 4.68 Å². The van der Waals surface area contributed by atoms with Gasteiger partial charge in [0.15, 0.2) is 0 Å².